The Morgan fingerprint density at radius 1 is 1.33 bits per heavy atom. The third kappa shape index (κ3) is 2.98. The molecule has 0 aromatic carbocycles. The molecule has 0 radical (unpaired) electrons. The maximum Gasteiger partial charge on any atom is 0.126 e. The summed E-state index contributed by atoms with van der Waals surface area (Å²) in [7, 11) is 1.97. The summed E-state index contributed by atoms with van der Waals surface area (Å²) in [4.78, 5) is 2.03. The molecule has 0 aromatic heterocycles. The second-order valence-corrected chi connectivity index (χ2v) is 3.34. The number of hydrogen-bond donors (Lipinski definition) is 1. The van der Waals surface area contributed by atoms with Crippen molar-refractivity contribution in [1.82, 2.24) is 4.90 Å². The minimum absolute atomic E-state index is 0.426. The zero-order chi connectivity index (χ0) is 9.72. The summed E-state index contributed by atoms with van der Waals surface area (Å²) in [6.07, 6.45) is 0. The third-order valence-electron chi connectivity index (χ3n) is 2.28. The van der Waals surface area contributed by atoms with Crippen LogP contribution in [-0.2, 0) is 0 Å². The molecule has 0 heterocycles. The zero-order valence-electron chi connectivity index (χ0n) is 8.50. The third-order valence-corrected chi connectivity index (χ3v) is 2.28. The monoisotopic (exact) mass is 170 g/mol. The topological polar surface area (TPSA) is 51.8 Å². The second-order valence-electron chi connectivity index (χ2n) is 3.34. The van der Waals surface area contributed by atoms with Crippen molar-refractivity contribution in [2.24, 2.45) is 16.2 Å². The Morgan fingerprint density at radius 3 is 2.17 bits per heavy atom. The highest BCUT2D eigenvalue weighted by molar-refractivity contribution is 5.79. The smallest absolute Gasteiger partial charge is 0.126 e. The fourth-order valence-electron chi connectivity index (χ4n) is 0.885. The number of nitrogens with zero attached hydrogens (tertiary/aromatic N) is 3. The van der Waals surface area contributed by atoms with E-state index in [9.17, 15) is 0 Å². The molecule has 0 saturated heterocycles. The molecular weight excluding hydrogens is 152 g/mol. The van der Waals surface area contributed by atoms with Crippen molar-refractivity contribution in [2.45, 2.75) is 33.7 Å². The molecule has 0 saturated carbocycles. The lowest BCUT2D eigenvalue weighted by Crippen LogP contribution is -2.36. The second kappa shape index (κ2) is 4.85. The van der Waals surface area contributed by atoms with Gasteiger partial charge < -0.3 is 4.90 Å². The molecule has 0 aromatic rings. The lowest BCUT2D eigenvalue weighted by molar-refractivity contribution is 0.307. The fourth-order valence-corrected chi connectivity index (χ4v) is 0.885. The van der Waals surface area contributed by atoms with E-state index in [1.165, 1.54) is 0 Å². The van der Waals surface area contributed by atoms with Crippen LogP contribution in [0.1, 0.15) is 27.7 Å². The van der Waals surface area contributed by atoms with E-state index in [-0.39, 0.29) is 0 Å². The standard InChI is InChI=1S/C8H18N4/c1-6(2)7(3)12(5)8(4)10-11-9/h6-7,9H,1-5H3/b10-8-,11-9?. The average Bonchev–Trinajstić information content (AvgIpc) is 2.02. The summed E-state index contributed by atoms with van der Waals surface area (Å²) in [5, 5.41) is 6.66. The Balaban J connectivity index is 4.27. The Labute approximate surface area is 74.2 Å². The first kappa shape index (κ1) is 11.1. The quantitative estimate of drug-likeness (QED) is 0.300. The molecule has 0 rings (SSSR count). The molecule has 0 bridgehead atoms. The van der Waals surface area contributed by atoms with Crippen LogP contribution in [0.2, 0.25) is 0 Å². The first-order valence-corrected chi connectivity index (χ1v) is 4.14. The first-order valence-electron chi connectivity index (χ1n) is 4.14. The van der Waals surface area contributed by atoms with Gasteiger partial charge in [0.1, 0.15) is 5.84 Å². The van der Waals surface area contributed by atoms with Crippen LogP contribution in [0.5, 0.6) is 0 Å². The van der Waals surface area contributed by atoms with Crippen molar-refractivity contribution in [2.75, 3.05) is 7.05 Å². The van der Waals surface area contributed by atoms with Gasteiger partial charge in [-0.2, -0.15) is 5.53 Å². The number of nitrogens with one attached hydrogen (secondary N) is 1. The van der Waals surface area contributed by atoms with Crippen molar-refractivity contribution in [3.05, 3.63) is 0 Å². The van der Waals surface area contributed by atoms with Crippen LogP contribution >= 0.6 is 0 Å². The lowest BCUT2D eigenvalue weighted by atomic mass is 10.1. The molecule has 0 amide bonds. The van der Waals surface area contributed by atoms with Gasteiger partial charge >= 0.3 is 0 Å². The van der Waals surface area contributed by atoms with Crippen LogP contribution < -0.4 is 0 Å². The van der Waals surface area contributed by atoms with Crippen LogP contribution in [0.4, 0.5) is 0 Å². The highest BCUT2D eigenvalue weighted by Gasteiger charge is 2.13. The molecule has 4 nitrogen and oxygen atoms in total. The molecular formula is C8H18N4. The van der Waals surface area contributed by atoms with Gasteiger partial charge in [-0.15, -0.1) is 5.10 Å². The van der Waals surface area contributed by atoms with Gasteiger partial charge in [0.25, 0.3) is 0 Å². The van der Waals surface area contributed by atoms with Gasteiger partial charge in [-0.3, -0.25) is 0 Å². The van der Waals surface area contributed by atoms with E-state index in [0.717, 1.165) is 5.84 Å². The predicted molar refractivity (Wildman–Crippen MR) is 50.3 cm³/mol. The SMILES string of the molecule is C/C(=N/N=N)N(C)C(C)C(C)C. The van der Waals surface area contributed by atoms with Gasteiger partial charge in [0, 0.05) is 13.1 Å². The Bertz CT molecular complexity index is 174. The van der Waals surface area contributed by atoms with Gasteiger partial charge in [0.05, 0.1) is 0 Å². The molecule has 0 aliphatic carbocycles. The highest BCUT2D eigenvalue weighted by atomic mass is 15.4. The Hall–Kier alpha value is -0.930. The van der Waals surface area contributed by atoms with Crippen molar-refractivity contribution in [3.8, 4) is 0 Å². The number of amidine groups is 1. The zero-order valence-corrected chi connectivity index (χ0v) is 8.50. The van der Waals surface area contributed by atoms with E-state index >= 15 is 0 Å². The fraction of sp³-hybridized carbons (Fsp3) is 0.875. The van der Waals surface area contributed by atoms with E-state index < -0.39 is 0 Å². The highest BCUT2D eigenvalue weighted by Crippen LogP contribution is 2.08. The first-order chi connectivity index (χ1) is 5.50. The maximum absolute atomic E-state index is 6.59. The van der Waals surface area contributed by atoms with Gasteiger partial charge in [-0.25, -0.2) is 0 Å². The molecule has 70 valence electrons. The molecule has 12 heavy (non-hydrogen) atoms. The van der Waals surface area contributed by atoms with Gasteiger partial charge in [-0.05, 0) is 19.8 Å². The van der Waals surface area contributed by atoms with E-state index in [1.807, 2.05) is 18.9 Å². The Morgan fingerprint density at radius 2 is 1.83 bits per heavy atom. The molecule has 0 aliphatic rings. The summed E-state index contributed by atoms with van der Waals surface area (Å²) in [5.41, 5.74) is 6.59. The summed E-state index contributed by atoms with van der Waals surface area (Å²) in [5.74, 6) is 1.36. The summed E-state index contributed by atoms with van der Waals surface area (Å²) in [6, 6.07) is 0.426. The predicted octanol–water partition coefficient (Wildman–Crippen LogP) is 2.33. The largest absolute Gasteiger partial charge is 0.359 e. The molecule has 1 N–H and O–H groups in total. The van der Waals surface area contributed by atoms with Crippen LogP contribution in [0, 0.1) is 11.4 Å². The molecule has 1 atom stereocenters. The maximum atomic E-state index is 6.59. The summed E-state index contributed by atoms with van der Waals surface area (Å²) < 4.78 is 0. The molecule has 0 fully saturated rings. The van der Waals surface area contributed by atoms with Crippen molar-refractivity contribution >= 4 is 5.84 Å². The average molecular weight is 170 g/mol. The Kier molecular flexibility index (Phi) is 4.47. The summed E-state index contributed by atoms with van der Waals surface area (Å²) in [6.45, 7) is 8.31. The summed E-state index contributed by atoms with van der Waals surface area (Å²) >= 11 is 0. The van der Waals surface area contributed by atoms with E-state index in [2.05, 4.69) is 31.1 Å². The van der Waals surface area contributed by atoms with Crippen molar-refractivity contribution in [1.29, 1.82) is 5.53 Å². The van der Waals surface area contributed by atoms with Gasteiger partial charge in [0.2, 0.25) is 0 Å². The minimum Gasteiger partial charge on any atom is -0.359 e. The lowest BCUT2D eigenvalue weighted by Gasteiger charge is -2.28. The van der Waals surface area contributed by atoms with E-state index in [0.29, 0.717) is 12.0 Å². The normalized spacial score (nSPS) is 14.7. The van der Waals surface area contributed by atoms with Crippen molar-refractivity contribution in [3.63, 3.8) is 0 Å². The molecule has 1 unspecified atom stereocenters. The minimum atomic E-state index is 0.426. The van der Waals surface area contributed by atoms with Crippen molar-refractivity contribution < 1.29 is 0 Å². The van der Waals surface area contributed by atoms with Crippen LogP contribution in [0.25, 0.3) is 0 Å². The molecule has 0 spiro atoms. The van der Waals surface area contributed by atoms with Gasteiger partial charge in [0.15, 0.2) is 0 Å². The number of hydrogen-bond acceptors (Lipinski definition) is 2. The van der Waals surface area contributed by atoms with E-state index in [4.69, 9.17) is 5.53 Å². The molecule has 0 aliphatic heterocycles. The van der Waals surface area contributed by atoms with Crippen LogP contribution in [-0.4, -0.2) is 23.8 Å². The van der Waals surface area contributed by atoms with Crippen LogP contribution in [0.15, 0.2) is 10.3 Å². The van der Waals surface area contributed by atoms with Crippen LogP contribution in [0.3, 0.4) is 0 Å². The molecule has 4 heteroatoms. The number of rotatable bonds is 3. The van der Waals surface area contributed by atoms with Gasteiger partial charge in [-0.1, -0.05) is 19.1 Å². The van der Waals surface area contributed by atoms with E-state index in [1.54, 1.807) is 0 Å².